The van der Waals surface area contributed by atoms with E-state index in [0.29, 0.717) is 0 Å². The van der Waals surface area contributed by atoms with Gasteiger partial charge in [-0.2, -0.15) is 5.26 Å². The van der Waals surface area contributed by atoms with Crippen molar-refractivity contribution in [2.45, 2.75) is 0 Å². The average Bonchev–Trinajstić information content (AvgIpc) is 2.38. The molecule has 0 atom stereocenters. The molecule has 0 amide bonds. The predicted molar refractivity (Wildman–Crippen MR) is 63.8 cm³/mol. The normalized spacial score (nSPS) is 17.4. The summed E-state index contributed by atoms with van der Waals surface area (Å²) in [6.45, 7) is 3.20. The maximum absolute atomic E-state index is 13.7. The molecule has 18 heavy (non-hydrogen) atoms. The summed E-state index contributed by atoms with van der Waals surface area (Å²) in [5.74, 6) is -2.11. The molecule has 1 aromatic carbocycles. The second-order valence-electron chi connectivity index (χ2n) is 4.30. The van der Waals surface area contributed by atoms with E-state index in [-0.39, 0.29) is 11.3 Å². The third-order valence-electron chi connectivity index (χ3n) is 2.98. The van der Waals surface area contributed by atoms with E-state index in [9.17, 15) is 8.78 Å². The van der Waals surface area contributed by atoms with E-state index in [2.05, 4.69) is 10.3 Å². The van der Waals surface area contributed by atoms with Crippen molar-refractivity contribution in [3.8, 4) is 6.07 Å². The summed E-state index contributed by atoms with van der Waals surface area (Å²) >= 11 is 0. The van der Waals surface area contributed by atoms with Crippen molar-refractivity contribution in [1.82, 2.24) is 9.91 Å². The number of nitrogens with one attached hydrogen (secondary N) is 1. The minimum absolute atomic E-state index is 0.0658. The van der Waals surface area contributed by atoms with Crippen LogP contribution in [0.4, 0.5) is 14.5 Å². The van der Waals surface area contributed by atoms with Gasteiger partial charge in [0.05, 0.1) is 11.3 Å². The highest BCUT2D eigenvalue weighted by Gasteiger charge is 2.17. The number of anilines is 1. The van der Waals surface area contributed by atoms with Crippen LogP contribution in [0.5, 0.6) is 0 Å². The number of hydrogen-bond acceptors (Lipinski definition) is 4. The largest absolute Gasteiger partial charge is 0.316 e. The number of hydrogen-bond donors (Lipinski definition) is 1. The Morgan fingerprint density at radius 2 is 1.83 bits per heavy atom. The minimum atomic E-state index is -1.10. The number of hydrazine groups is 1. The Morgan fingerprint density at radius 1 is 1.17 bits per heavy atom. The molecule has 1 heterocycles. The van der Waals surface area contributed by atoms with Crippen LogP contribution in [0.3, 0.4) is 0 Å². The fraction of sp³-hybridized carbons (Fsp3) is 0.417. The lowest BCUT2D eigenvalue weighted by Crippen LogP contribution is -2.47. The van der Waals surface area contributed by atoms with E-state index >= 15 is 0 Å². The van der Waals surface area contributed by atoms with E-state index in [1.807, 2.05) is 12.1 Å². The van der Waals surface area contributed by atoms with Crippen molar-refractivity contribution < 1.29 is 8.78 Å². The highest BCUT2D eigenvalue weighted by atomic mass is 19.2. The number of halogens is 2. The molecule has 6 heteroatoms. The van der Waals surface area contributed by atoms with Crippen LogP contribution in [0.2, 0.25) is 0 Å². The first kappa shape index (κ1) is 12.7. The highest BCUT2D eigenvalue weighted by Crippen LogP contribution is 2.20. The topological polar surface area (TPSA) is 42.3 Å². The van der Waals surface area contributed by atoms with Gasteiger partial charge in [-0.3, -0.25) is 0 Å². The zero-order chi connectivity index (χ0) is 13.1. The van der Waals surface area contributed by atoms with Gasteiger partial charge in [-0.1, -0.05) is 0 Å². The molecule has 0 aliphatic carbocycles. The summed E-state index contributed by atoms with van der Waals surface area (Å²) in [5.41, 5.74) is 2.63. The Balaban J connectivity index is 2.11. The Morgan fingerprint density at radius 3 is 2.44 bits per heavy atom. The van der Waals surface area contributed by atoms with E-state index in [4.69, 9.17) is 5.26 Å². The van der Waals surface area contributed by atoms with Gasteiger partial charge in [0.2, 0.25) is 0 Å². The lowest BCUT2D eigenvalue weighted by Gasteiger charge is -2.33. The smallest absolute Gasteiger partial charge is 0.184 e. The maximum Gasteiger partial charge on any atom is 0.184 e. The molecule has 0 spiro atoms. The first-order chi connectivity index (χ1) is 8.61. The third kappa shape index (κ3) is 2.58. The Labute approximate surface area is 104 Å². The Kier molecular flexibility index (Phi) is 3.75. The number of nitriles is 1. The zero-order valence-corrected chi connectivity index (χ0v) is 10.1. The molecule has 0 unspecified atom stereocenters. The van der Waals surface area contributed by atoms with Crippen molar-refractivity contribution in [1.29, 1.82) is 5.26 Å². The summed E-state index contributed by atoms with van der Waals surface area (Å²) in [5, 5.41) is 10.4. The molecule has 1 N–H and O–H groups in total. The zero-order valence-electron chi connectivity index (χ0n) is 10.1. The van der Waals surface area contributed by atoms with Gasteiger partial charge in [-0.25, -0.2) is 13.8 Å². The van der Waals surface area contributed by atoms with Crippen LogP contribution >= 0.6 is 0 Å². The average molecular weight is 252 g/mol. The molecule has 1 saturated heterocycles. The van der Waals surface area contributed by atoms with Crippen molar-refractivity contribution in [3.05, 3.63) is 29.3 Å². The van der Waals surface area contributed by atoms with E-state index in [0.717, 1.165) is 26.2 Å². The van der Waals surface area contributed by atoms with Gasteiger partial charge in [-0.05, 0) is 19.2 Å². The van der Waals surface area contributed by atoms with Crippen LogP contribution in [-0.4, -0.2) is 43.1 Å². The molecule has 1 aliphatic rings. The molecule has 4 nitrogen and oxygen atoms in total. The molecule has 0 radical (unpaired) electrons. The Bertz CT molecular complexity index is 476. The van der Waals surface area contributed by atoms with E-state index in [1.54, 1.807) is 6.07 Å². The summed E-state index contributed by atoms with van der Waals surface area (Å²) < 4.78 is 27.1. The molecule has 0 bridgehead atoms. The third-order valence-corrected chi connectivity index (χ3v) is 2.98. The van der Waals surface area contributed by atoms with Crippen molar-refractivity contribution in [2.24, 2.45) is 0 Å². The molecule has 0 saturated carbocycles. The van der Waals surface area contributed by atoms with Gasteiger partial charge in [0, 0.05) is 26.2 Å². The van der Waals surface area contributed by atoms with Crippen LogP contribution in [0.25, 0.3) is 0 Å². The lowest BCUT2D eigenvalue weighted by atomic mass is 10.2. The van der Waals surface area contributed by atoms with Gasteiger partial charge in [-0.15, -0.1) is 0 Å². The van der Waals surface area contributed by atoms with Crippen LogP contribution in [-0.2, 0) is 0 Å². The second kappa shape index (κ2) is 5.29. The summed E-state index contributed by atoms with van der Waals surface area (Å²) in [6, 6.07) is 4.27. The maximum atomic E-state index is 13.7. The summed E-state index contributed by atoms with van der Waals surface area (Å²) in [7, 11) is 2.01. The molecular weight excluding hydrogens is 238 g/mol. The number of nitrogens with zero attached hydrogens (tertiary/aromatic N) is 3. The minimum Gasteiger partial charge on any atom is -0.316 e. The monoisotopic (exact) mass is 252 g/mol. The molecule has 2 rings (SSSR count). The highest BCUT2D eigenvalue weighted by molar-refractivity contribution is 5.49. The van der Waals surface area contributed by atoms with Crippen LogP contribution < -0.4 is 5.43 Å². The number of benzene rings is 1. The fourth-order valence-corrected chi connectivity index (χ4v) is 1.81. The van der Waals surface area contributed by atoms with Crippen LogP contribution in [0, 0.1) is 23.0 Å². The SMILES string of the molecule is CN1CCN(Nc2ccc(C#N)c(F)c2F)CC1. The Hall–Kier alpha value is -1.71. The number of likely N-dealkylation sites (N-methyl/N-ethyl adjacent to an activating group) is 1. The second-order valence-corrected chi connectivity index (χ2v) is 4.30. The molecule has 1 aliphatic heterocycles. The lowest BCUT2D eigenvalue weighted by molar-refractivity contribution is 0.178. The van der Waals surface area contributed by atoms with Crippen molar-refractivity contribution in [3.63, 3.8) is 0 Å². The van der Waals surface area contributed by atoms with Gasteiger partial charge in [0.15, 0.2) is 11.6 Å². The van der Waals surface area contributed by atoms with Crippen molar-refractivity contribution in [2.75, 3.05) is 38.7 Å². The van der Waals surface area contributed by atoms with Gasteiger partial charge >= 0.3 is 0 Å². The van der Waals surface area contributed by atoms with Crippen LogP contribution in [0.15, 0.2) is 12.1 Å². The standard InChI is InChI=1S/C12H14F2N4/c1-17-4-6-18(7-5-17)16-10-3-2-9(8-15)11(13)12(10)14/h2-3,16H,4-7H2,1H3. The number of piperazine rings is 1. The first-order valence-corrected chi connectivity index (χ1v) is 5.70. The molecule has 1 fully saturated rings. The quantitative estimate of drug-likeness (QED) is 0.864. The molecule has 1 aromatic rings. The van der Waals surface area contributed by atoms with Gasteiger partial charge < -0.3 is 10.3 Å². The van der Waals surface area contributed by atoms with Gasteiger partial charge in [0.25, 0.3) is 0 Å². The first-order valence-electron chi connectivity index (χ1n) is 5.70. The summed E-state index contributed by atoms with van der Waals surface area (Å²) in [6.07, 6.45) is 0. The van der Waals surface area contributed by atoms with Crippen LogP contribution in [0.1, 0.15) is 5.56 Å². The van der Waals surface area contributed by atoms with Gasteiger partial charge in [0.1, 0.15) is 6.07 Å². The van der Waals surface area contributed by atoms with Crippen molar-refractivity contribution >= 4 is 5.69 Å². The molecular formula is C12H14F2N4. The van der Waals surface area contributed by atoms with E-state index in [1.165, 1.54) is 12.1 Å². The summed E-state index contributed by atoms with van der Waals surface area (Å²) in [4.78, 5) is 2.16. The molecule has 0 aromatic heterocycles. The molecule has 96 valence electrons. The number of rotatable bonds is 2. The fourth-order valence-electron chi connectivity index (χ4n) is 1.81. The van der Waals surface area contributed by atoms with E-state index < -0.39 is 11.6 Å². The predicted octanol–water partition coefficient (Wildman–Crippen LogP) is 1.41.